The van der Waals surface area contributed by atoms with Crippen LogP contribution in [-0.2, 0) is 27.2 Å². The number of halogens is 3. The van der Waals surface area contributed by atoms with E-state index in [0.717, 1.165) is 0 Å². The van der Waals surface area contributed by atoms with E-state index in [-0.39, 0.29) is 19.3 Å². The van der Waals surface area contributed by atoms with Gasteiger partial charge in [0.15, 0.2) is 0 Å². The maximum atomic E-state index is 13.4. The molecule has 11 heteroatoms. The largest absolute Gasteiger partial charge is 0.515 e. The molecule has 6 unspecified atom stereocenters. The molecule has 0 bridgehead atoms. The molecular weight excluding hydrogens is 323 g/mol. The first kappa shape index (κ1) is 16.5. The minimum atomic E-state index is -4.97. The Hall–Kier alpha value is 0.0900. The minimum absolute atomic E-state index is 0.148. The van der Waals surface area contributed by atoms with E-state index in [4.69, 9.17) is 4.52 Å². The molecule has 0 aromatic heterocycles. The summed E-state index contributed by atoms with van der Waals surface area (Å²) in [6, 6.07) is 0. The lowest BCUT2D eigenvalue weighted by atomic mass is 9.91. The van der Waals surface area contributed by atoms with Crippen molar-refractivity contribution in [3.63, 3.8) is 0 Å². The molecule has 2 rings (SSSR count). The highest BCUT2D eigenvalue weighted by molar-refractivity contribution is 7.48. The second-order valence-electron chi connectivity index (χ2n) is 5.21. The zero-order valence-corrected chi connectivity index (χ0v) is 12.6. The Morgan fingerprint density at radius 2 is 1.85 bits per heavy atom. The van der Waals surface area contributed by atoms with Gasteiger partial charge in [0.25, 0.3) is 0 Å². The molecule has 0 N–H and O–H groups in total. The van der Waals surface area contributed by atoms with E-state index in [0.29, 0.717) is 0 Å². The second-order valence-corrected chi connectivity index (χ2v) is 7.74. The fourth-order valence-electron chi connectivity index (χ4n) is 2.54. The zero-order valence-electron chi connectivity index (χ0n) is 10.8. The summed E-state index contributed by atoms with van der Waals surface area (Å²) < 4.78 is 79.8. The smallest absolute Gasteiger partial charge is 0.280 e. The third kappa shape index (κ3) is 4.29. The van der Waals surface area contributed by atoms with Gasteiger partial charge in [0, 0.05) is 19.3 Å². The van der Waals surface area contributed by atoms with Gasteiger partial charge >= 0.3 is 15.8 Å². The standard InChI is InChI=1S/C9H15F3O6P2/c1-6-4-9(2,18-20(12,14)15-6)5-7-3-8(10)17-19(11,13)16-7/h6-8H,3-5H2,1-2H3. The van der Waals surface area contributed by atoms with Crippen LogP contribution < -0.4 is 0 Å². The molecule has 0 aromatic rings. The van der Waals surface area contributed by atoms with Gasteiger partial charge in [-0.1, -0.05) is 0 Å². The van der Waals surface area contributed by atoms with E-state index in [1.807, 2.05) is 0 Å². The Kier molecular flexibility index (Phi) is 4.42. The lowest BCUT2D eigenvalue weighted by molar-refractivity contribution is -0.0927. The lowest BCUT2D eigenvalue weighted by Crippen LogP contribution is -2.41. The molecular formula is C9H15F3O6P2. The van der Waals surface area contributed by atoms with Crippen LogP contribution in [0.1, 0.15) is 33.1 Å². The predicted molar refractivity (Wildman–Crippen MR) is 62.2 cm³/mol. The summed E-state index contributed by atoms with van der Waals surface area (Å²) in [4.78, 5) is 0. The molecule has 2 fully saturated rings. The minimum Gasteiger partial charge on any atom is -0.280 e. The van der Waals surface area contributed by atoms with E-state index >= 15 is 0 Å². The van der Waals surface area contributed by atoms with Gasteiger partial charge in [-0.25, -0.2) is 18.0 Å². The maximum Gasteiger partial charge on any atom is 0.515 e. The van der Waals surface area contributed by atoms with Crippen LogP contribution in [0.4, 0.5) is 12.8 Å². The summed E-state index contributed by atoms with van der Waals surface area (Å²) >= 11 is 0. The molecule has 0 saturated carbocycles. The molecule has 2 saturated heterocycles. The van der Waals surface area contributed by atoms with Crippen molar-refractivity contribution in [3.05, 3.63) is 0 Å². The van der Waals surface area contributed by atoms with Crippen molar-refractivity contribution in [1.29, 1.82) is 0 Å². The first-order valence-electron chi connectivity index (χ1n) is 5.98. The van der Waals surface area contributed by atoms with Crippen LogP contribution in [0.25, 0.3) is 0 Å². The Balaban J connectivity index is 2.08. The van der Waals surface area contributed by atoms with Crippen molar-refractivity contribution in [1.82, 2.24) is 0 Å². The van der Waals surface area contributed by atoms with E-state index < -0.39 is 40.0 Å². The molecule has 2 heterocycles. The summed E-state index contributed by atoms with van der Waals surface area (Å²) in [6.07, 6.45) is -4.32. The molecule has 0 aliphatic carbocycles. The topological polar surface area (TPSA) is 71.1 Å². The van der Waals surface area contributed by atoms with E-state index in [1.54, 1.807) is 0 Å². The number of rotatable bonds is 2. The summed E-state index contributed by atoms with van der Waals surface area (Å²) in [6.45, 7) is 2.92. The normalized spacial score (nSPS) is 53.8. The highest BCUT2D eigenvalue weighted by atomic mass is 31.2. The molecule has 6 atom stereocenters. The third-order valence-corrected chi connectivity index (χ3v) is 5.28. The molecule has 2 aliphatic rings. The van der Waals surface area contributed by atoms with Crippen LogP contribution in [0.15, 0.2) is 0 Å². The Morgan fingerprint density at radius 3 is 2.40 bits per heavy atom. The van der Waals surface area contributed by atoms with Crippen molar-refractivity contribution < 1.29 is 40.0 Å². The molecule has 0 aromatic carbocycles. The van der Waals surface area contributed by atoms with Crippen LogP contribution >= 0.6 is 15.8 Å². The van der Waals surface area contributed by atoms with E-state index in [9.17, 15) is 21.9 Å². The van der Waals surface area contributed by atoms with Gasteiger partial charge in [-0.2, -0.15) is 0 Å². The third-order valence-electron chi connectivity index (χ3n) is 2.98. The number of hydrogen-bond donors (Lipinski definition) is 0. The van der Waals surface area contributed by atoms with Crippen molar-refractivity contribution in [3.8, 4) is 0 Å². The maximum absolute atomic E-state index is 13.4. The SMILES string of the molecule is CC1CC(C)(CC2CC(F)OP(=O)(F)O2)OP(=O)(F)O1. The molecule has 20 heavy (non-hydrogen) atoms. The van der Waals surface area contributed by atoms with Gasteiger partial charge in [-0.15, -0.1) is 8.39 Å². The zero-order chi connectivity index (χ0) is 15.2. The second kappa shape index (κ2) is 5.38. The summed E-state index contributed by atoms with van der Waals surface area (Å²) in [7, 11) is -9.69. The van der Waals surface area contributed by atoms with Crippen molar-refractivity contribution in [2.75, 3.05) is 0 Å². The van der Waals surface area contributed by atoms with Crippen molar-refractivity contribution in [2.45, 2.75) is 57.3 Å². The molecule has 2 aliphatic heterocycles. The fraction of sp³-hybridized carbons (Fsp3) is 1.00. The van der Waals surface area contributed by atoms with Crippen LogP contribution in [0.3, 0.4) is 0 Å². The Morgan fingerprint density at radius 1 is 1.20 bits per heavy atom. The fourth-order valence-corrected chi connectivity index (χ4v) is 4.69. The number of hydrogen-bond acceptors (Lipinski definition) is 6. The van der Waals surface area contributed by atoms with Crippen molar-refractivity contribution >= 4 is 15.8 Å². The molecule has 0 spiro atoms. The Bertz CT molecular complexity index is 477. The molecule has 118 valence electrons. The average molecular weight is 338 g/mol. The van der Waals surface area contributed by atoms with Gasteiger partial charge in [-0.05, 0) is 13.8 Å². The molecule has 0 amide bonds. The van der Waals surface area contributed by atoms with E-state index in [2.05, 4.69) is 13.6 Å². The van der Waals surface area contributed by atoms with Crippen LogP contribution in [-0.4, -0.2) is 24.2 Å². The highest BCUT2D eigenvalue weighted by Gasteiger charge is 2.49. The summed E-state index contributed by atoms with van der Waals surface area (Å²) in [5, 5.41) is 0. The number of alkyl halides is 1. The summed E-state index contributed by atoms with van der Waals surface area (Å²) in [5.41, 5.74) is -1.30. The molecule has 6 nitrogen and oxygen atoms in total. The summed E-state index contributed by atoms with van der Waals surface area (Å²) in [5.74, 6) is 0. The molecule has 0 radical (unpaired) electrons. The highest BCUT2D eigenvalue weighted by Crippen LogP contribution is 2.61. The Labute approximate surface area is 114 Å². The first-order valence-corrected chi connectivity index (χ1v) is 8.85. The van der Waals surface area contributed by atoms with Gasteiger partial charge in [-0.3, -0.25) is 13.6 Å². The average Bonchev–Trinajstić information content (AvgIpc) is 2.06. The van der Waals surface area contributed by atoms with Crippen molar-refractivity contribution in [2.24, 2.45) is 0 Å². The van der Waals surface area contributed by atoms with E-state index in [1.165, 1.54) is 13.8 Å². The van der Waals surface area contributed by atoms with Gasteiger partial charge in [0.05, 0.1) is 17.8 Å². The van der Waals surface area contributed by atoms with Gasteiger partial charge < -0.3 is 0 Å². The van der Waals surface area contributed by atoms with Crippen LogP contribution in [0.5, 0.6) is 0 Å². The first-order chi connectivity index (χ1) is 8.99. The van der Waals surface area contributed by atoms with Gasteiger partial charge in [0.2, 0.25) is 6.36 Å². The van der Waals surface area contributed by atoms with Crippen LogP contribution in [0.2, 0.25) is 0 Å². The van der Waals surface area contributed by atoms with Crippen LogP contribution in [0, 0.1) is 0 Å². The monoisotopic (exact) mass is 338 g/mol. The van der Waals surface area contributed by atoms with Gasteiger partial charge in [0.1, 0.15) is 0 Å². The predicted octanol–water partition coefficient (Wildman–Crippen LogP) is 4.22. The lowest BCUT2D eigenvalue weighted by Gasteiger charge is -2.40. The quantitative estimate of drug-likeness (QED) is 0.702.